The molecule has 0 spiro atoms. The molecule has 0 bridgehead atoms. The zero-order chi connectivity index (χ0) is 13.3. The van der Waals surface area contributed by atoms with Crippen LogP contribution in [0.15, 0.2) is 12.7 Å². The summed E-state index contributed by atoms with van der Waals surface area (Å²) >= 11 is 0. The lowest BCUT2D eigenvalue weighted by Crippen LogP contribution is -1.55. The van der Waals surface area contributed by atoms with E-state index in [1.807, 2.05) is 0 Å². The number of rotatable bonds is 0. The molecule has 0 saturated heterocycles. The summed E-state index contributed by atoms with van der Waals surface area (Å²) in [4.78, 5) is 0. The molecule has 0 saturated carbocycles. The number of hydrogen-bond acceptors (Lipinski definition) is 0. The maximum atomic E-state index is 4.89. The Morgan fingerprint density at radius 3 is 1.22 bits per heavy atom. The Balaban J connectivity index is 4.29. The van der Waals surface area contributed by atoms with Crippen molar-refractivity contribution < 1.29 is 0 Å². The molecule has 0 aliphatic carbocycles. The van der Waals surface area contributed by atoms with Crippen molar-refractivity contribution in [3.63, 3.8) is 0 Å². The van der Waals surface area contributed by atoms with Crippen molar-refractivity contribution in [1.82, 2.24) is 0 Å². The Kier molecular flexibility index (Phi) is 10.4. The van der Waals surface area contributed by atoms with Gasteiger partial charge in [-0.3, -0.25) is 0 Å². The molecular formula is C18H4. The fourth-order valence-electron chi connectivity index (χ4n) is 0.467. The summed E-state index contributed by atoms with van der Waals surface area (Å²) in [5, 5.41) is 0. The van der Waals surface area contributed by atoms with Gasteiger partial charge in [0.15, 0.2) is 0 Å². The first kappa shape index (κ1) is 14.2. The largest absolute Gasteiger partial charge is 0.106 e. The molecule has 0 heteroatoms. The standard InChI is InChI=1S/C18H4/c1-3-5-7-9-11-13-15-17-18-16-14-12-10-8-6-4-2/h1,4H,2H2. The summed E-state index contributed by atoms with van der Waals surface area (Å²) in [5.41, 5.74) is 0. The van der Waals surface area contributed by atoms with Gasteiger partial charge in [0.25, 0.3) is 0 Å². The van der Waals surface area contributed by atoms with Crippen LogP contribution in [0.1, 0.15) is 0 Å². The molecule has 0 amide bonds. The van der Waals surface area contributed by atoms with E-state index in [-0.39, 0.29) is 0 Å². The van der Waals surface area contributed by atoms with Crippen LogP contribution in [0.4, 0.5) is 0 Å². The van der Waals surface area contributed by atoms with Gasteiger partial charge < -0.3 is 0 Å². The SMILES string of the molecule is C#CC#CC#CC#CC#CC#CC#CC#CC=C. The molecule has 0 N–H and O–H groups in total. The highest BCUT2D eigenvalue weighted by Gasteiger charge is 1.57. The highest BCUT2D eigenvalue weighted by Crippen LogP contribution is 1.58. The number of hydrogen-bond donors (Lipinski definition) is 0. The van der Waals surface area contributed by atoms with Crippen LogP contribution in [0.2, 0.25) is 0 Å². The van der Waals surface area contributed by atoms with Gasteiger partial charge in [0.2, 0.25) is 0 Å². The second-order valence-corrected chi connectivity index (χ2v) is 2.12. The lowest BCUT2D eigenvalue weighted by Gasteiger charge is -1.56. The molecule has 0 aliphatic rings. The van der Waals surface area contributed by atoms with Crippen molar-refractivity contribution in [2.45, 2.75) is 0 Å². The van der Waals surface area contributed by atoms with Crippen LogP contribution < -0.4 is 0 Å². The molecule has 0 aliphatic heterocycles. The number of terminal acetylenes is 1. The lowest BCUT2D eigenvalue weighted by molar-refractivity contribution is 2.27. The van der Waals surface area contributed by atoms with E-state index in [4.69, 9.17) is 6.42 Å². The highest BCUT2D eigenvalue weighted by molar-refractivity contribution is 5.45. The molecule has 0 fully saturated rings. The average molecular weight is 220 g/mol. The minimum absolute atomic E-state index is 1.45. The van der Waals surface area contributed by atoms with E-state index in [9.17, 15) is 0 Å². The van der Waals surface area contributed by atoms with Gasteiger partial charge in [-0.25, -0.2) is 0 Å². The predicted molar refractivity (Wildman–Crippen MR) is 73.5 cm³/mol. The maximum Gasteiger partial charge on any atom is -0.0000000000000163 e. The molecule has 18 heavy (non-hydrogen) atoms. The van der Waals surface area contributed by atoms with E-state index in [1.54, 1.807) is 0 Å². The van der Waals surface area contributed by atoms with E-state index < -0.39 is 0 Å². The van der Waals surface area contributed by atoms with Crippen molar-refractivity contribution in [3.8, 4) is 95.2 Å². The Morgan fingerprint density at radius 2 is 0.889 bits per heavy atom. The molecule has 76 valence electrons. The van der Waals surface area contributed by atoms with Crippen LogP contribution in [0.25, 0.3) is 0 Å². The fraction of sp³-hybridized carbons (Fsp3) is 0. The van der Waals surface area contributed by atoms with Gasteiger partial charge in [-0.1, -0.05) is 12.5 Å². The van der Waals surface area contributed by atoms with Crippen molar-refractivity contribution in [1.29, 1.82) is 0 Å². The Morgan fingerprint density at radius 1 is 0.556 bits per heavy atom. The van der Waals surface area contributed by atoms with Gasteiger partial charge in [0.05, 0.1) is 0 Å². The van der Waals surface area contributed by atoms with Gasteiger partial charge in [0.1, 0.15) is 0 Å². The summed E-state index contributed by atoms with van der Waals surface area (Å²) < 4.78 is 0. The molecule has 0 radical (unpaired) electrons. The van der Waals surface area contributed by atoms with Crippen LogP contribution in [0.5, 0.6) is 0 Å². The second-order valence-electron chi connectivity index (χ2n) is 2.12. The third-order valence-corrected chi connectivity index (χ3v) is 0.996. The molecular weight excluding hydrogens is 216 g/mol. The van der Waals surface area contributed by atoms with Crippen LogP contribution in [-0.2, 0) is 0 Å². The summed E-state index contributed by atoms with van der Waals surface area (Å²) in [6, 6.07) is 0. The monoisotopic (exact) mass is 220 g/mol. The minimum Gasteiger partial charge on any atom is -0.106 e. The van der Waals surface area contributed by atoms with Gasteiger partial charge in [0, 0.05) is 0 Å². The average Bonchev–Trinajstić information content (AvgIpc) is 2.39. The van der Waals surface area contributed by atoms with Crippen molar-refractivity contribution in [3.05, 3.63) is 12.7 Å². The van der Waals surface area contributed by atoms with E-state index in [2.05, 4.69) is 95.4 Å². The van der Waals surface area contributed by atoms with Crippen molar-refractivity contribution >= 4 is 0 Å². The minimum atomic E-state index is 1.45. The normalized spacial score (nSPS) is 3.94. The molecule has 0 aromatic rings. The lowest BCUT2D eigenvalue weighted by atomic mass is 10.5. The summed E-state index contributed by atoms with van der Waals surface area (Å²) in [7, 11) is 0. The molecule has 0 aromatic heterocycles. The van der Waals surface area contributed by atoms with Gasteiger partial charge in [-0.05, 0) is 89.0 Å². The topological polar surface area (TPSA) is 0 Å². The summed E-state index contributed by atoms with van der Waals surface area (Å²) in [6.07, 6.45) is 6.34. The first-order valence-electron chi connectivity index (χ1n) is 4.49. The Labute approximate surface area is 108 Å². The van der Waals surface area contributed by atoms with E-state index in [0.717, 1.165) is 0 Å². The Bertz CT molecular complexity index is 777. The zero-order valence-corrected chi connectivity index (χ0v) is 9.36. The quantitative estimate of drug-likeness (QED) is 0.530. The second kappa shape index (κ2) is 13.2. The van der Waals surface area contributed by atoms with Crippen LogP contribution >= 0.6 is 0 Å². The molecule has 0 aromatic carbocycles. The first-order chi connectivity index (χ1) is 8.91. The van der Waals surface area contributed by atoms with Gasteiger partial charge in [-0.2, -0.15) is 0 Å². The summed E-state index contributed by atoms with van der Waals surface area (Å²) in [5.74, 6) is 36.7. The Hall–Kier alpha value is -3.78. The van der Waals surface area contributed by atoms with E-state index in [0.29, 0.717) is 0 Å². The molecule has 0 rings (SSSR count). The third-order valence-electron chi connectivity index (χ3n) is 0.996. The van der Waals surface area contributed by atoms with Gasteiger partial charge >= 0.3 is 0 Å². The fourth-order valence-corrected chi connectivity index (χ4v) is 0.467. The predicted octanol–water partition coefficient (Wildman–Crippen LogP) is 0.829. The van der Waals surface area contributed by atoms with E-state index in [1.165, 1.54) is 6.08 Å². The van der Waals surface area contributed by atoms with Crippen LogP contribution in [0, 0.1) is 95.2 Å². The van der Waals surface area contributed by atoms with Gasteiger partial charge in [-0.15, -0.1) is 6.42 Å². The van der Waals surface area contributed by atoms with Crippen molar-refractivity contribution in [2.75, 3.05) is 0 Å². The third kappa shape index (κ3) is 12.2. The van der Waals surface area contributed by atoms with Crippen molar-refractivity contribution in [2.24, 2.45) is 0 Å². The number of allylic oxidation sites excluding steroid dienone is 1. The maximum absolute atomic E-state index is 4.89. The molecule has 0 nitrogen and oxygen atoms in total. The summed E-state index contributed by atoms with van der Waals surface area (Å²) in [6.45, 7) is 3.42. The molecule has 0 heterocycles. The molecule has 0 unspecified atom stereocenters. The van der Waals surface area contributed by atoms with Crippen LogP contribution in [-0.4, -0.2) is 0 Å². The first-order valence-corrected chi connectivity index (χ1v) is 4.49. The zero-order valence-electron chi connectivity index (χ0n) is 9.36. The van der Waals surface area contributed by atoms with Crippen LogP contribution in [0.3, 0.4) is 0 Å². The van der Waals surface area contributed by atoms with E-state index >= 15 is 0 Å². The molecule has 0 atom stereocenters. The smallest absolute Gasteiger partial charge is 0.0000000000000163 e. The highest BCUT2D eigenvalue weighted by atomic mass is 13.6.